The first-order valence-corrected chi connectivity index (χ1v) is 5.98. The van der Waals surface area contributed by atoms with Gasteiger partial charge in [0, 0.05) is 10.8 Å². The van der Waals surface area contributed by atoms with E-state index in [-0.39, 0.29) is 0 Å². The molecule has 7 heteroatoms. The third-order valence-corrected chi connectivity index (χ3v) is 3.36. The molecule has 5 nitrogen and oxygen atoms in total. The minimum Gasteiger partial charge on any atom is -0.254 e. The Morgan fingerprint density at radius 3 is 2.71 bits per heavy atom. The van der Waals surface area contributed by atoms with Crippen molar-refractivity contribution < 1.29 is 0 Å². The Bertz CT molecular complexity index is 655. The molecule has 17 heavy (non-hydrogen) atoms. The van der Waals surface area contributed by atoms with Gasteiger partial charge in [0.05, 0.1) is 0 Å². The van der Waals surface area contributed by atoms with E-state index in [1.807, 2.05) is 24.3 Å². The van der Waals surface area contributed by atoms with Crippen LogP contribution in [0.15, 0.2) is 40.8 Å². The summed E-state index contributed by atoms with van der Waals surface area (Å²) in [6.07, 6.45) is 1.45. The van der Waals surface area contributed by atoms with Crippen molar-refractivity contribution in [1.29, 1.82) is 0 Å². The molecule has 0 saturated heterocycles. The lowest BCUT2D eigenvalue weighted by atomic mass is 10.2. The molecule has 0 saturated carbocycles. The number of halogens is 1. The van der Waals surface area contributed by atoms with Crippen molar-refractivity contribution in [3.8, 4) is 0 Å². The quantitative estimate of drug-likeness (QED) is 0.770. The summed E-state index contributed by atoms with van der Waals surface area (Å²) in [4.78, 5) is 4.04. The molecule has 2 heterocycles. The number of hydrogen-bond acceptors (Lipinski definition) is 5. The second-order valence-electron chi connectivity index (χ2n) is 3.23. The van der Waals surface area contributed by atoms with Crippen LogP contribution in [0.1, 0.15) is 0 Å². The fraction of sp³-hybridized carbons (Fsp3) is 0. The first kappa shape index (κ1) is 10.5. The van der Waals surface area contributed by atoms with Gasteiger partial charge < -0.3 is 0 Å². The number of aromatic nitrogens is 5. The van der Waals surface area contributed by atoms with Crippen LogP contribution in [0.25, 0.3) is 10.8 Å². The molecule has 84 valence electrons. The van der Waals surface area contributed by atoms with Gasteiger partial charge in [-0.2, -0.15) is 5.10 Å². The van der Waals surface area contributed by atoms with Gasteiger partial charge in [0.15, 0.2) is 10.3 Å². The predicted molar refractivity (Wildman–Crippen MR) is 65.1 cm³/mol. The summed E-state index contributed by atoms with van der Waals surface area (Å²) in [6.45, 7) is 0. The minimum absolute atomic E-state index is 0.405. The highest BCUT2D eigenvalue weighted by atomic mass is 35.5. The Balaban J connectivity index is 2.14. The number of aromatic amines is 1. The Morgan fingerprint density at radius 1 is 1.12 bits per heavy atom. The number of rotatable bonds is 2. The maximum Gasteiger partial charge on any atom is 0.189 e. The Hall–Kier alpha value is -1.66. The second-order valence-corrected chi connectivity index (χ2v) is 4.57. The maximum atomic E-state index is 5.99. The summed E-state index contributed by atoms with van der Waals surface area (Å²) in [5, 5.41) is 18.2. The molecule has 0 atom stereocenters. The summed E-state index contributed by atoms with van der Waals surface area (Å²) in [6, 6.07) is 7.72. The lowest BCUT2D eigenvalue weighted by Gasteiger charge is -2.03. The smallest absolute Gasteiger partial charge is 0.189 e. The van der Waals surface area contributed by atoms with E-state index >= 15 is 0 Å². The van der Waals surface area contributed by atoms with Gasteiger partial charge in [0.2, 0.25) is 0 Å². The molecule has 0 aliphatic carbocycles. The number of nitrogens with one attached hydrogen (secondary N) is 1. The molecule has 2 aromatic heterocycles. The molecule has 0 amide bonds. The van der Waals surface area contributed by atoms with Crippen molar-refractivity contribution in [3.63, 3.8) is 0 Å². The van der Waals surface area contributed by atoms with Gasteiger partial charge in [-0.3, -0.25) is 5.10 Å². The average Bonchev–Trinajstić information content (AvgIpc) is 2.86. The molecule has 3 rings (SSSR count). The van der Waals surface area contributed by atoms with Gasteiger partial charge in [0.1, 0.15) is 11.4 Å². The van der Waals surface area contributed by atoms with Crippen LogP contribution in [0.3, 0.4) is 0 Å². The van der Waals surface area contributed by atoms with Gasteiger partial charge in [-0.1, -0.05) is 35.9 Å². The summed E-state index contributed by atoms with van der Waals surface area (Å²) in [7, 11) is 0. The highest BCUT2D eigenvalue weighted by molar-refractivity contribution is 7.99. The van der Waals surface area contributed by atoms with E-state index in [1.54, 1.807) is 0 Å². The fourth-order valence-corrected chi connectivity index (χ4v) is 2.41. The van der Waals surface area contributed by atoms with E-state index in [4.69, 9.17) is 11.6 Å². The summed E-state index contributed by atoms with van der Waals surface area (Å²) >= 11 is 7.36. The van der Waals surface area contributed by atoms with Gasteiger partial charge >= 0.3 is 0 Å². The fourth-order valence-electron chi connectivity index (χ4n) is 1.46. The van der Waals surface area contributed by atoms with Crippen molar-refractivity contribution in [3.05, 3.63) is 35.7 Å². The van der Waals surface area contributed by atoms with Crippen LogP contribution in [0.2, 0.25) is 5.15 Å². The van der Waals surface area contributed by atoms with Crippen molar-refractivity contribution in [2.24, 2.45) is 0 Å². The monoisotopic (exact) mass is 263 g/mol. The van der Waals surface area contributed by atoms with Crippen LogP contribution >= 0.6 is 23.4 Å². The highest BCUT2D eigenvalue weighted by Crippen LogP contribution is 2.31. The average molecular weight is 264 g/mol. The largest absolute Gasteiger partial charge is 0.254 e. The third-order valence-electron chi connectivity index (χ3n) is 2.19. The molecule has 0 radical (unpaired) electrons. The topological polar surface area (TPSA) is 67.3 Å². The van der Waals surface area contributed by atoms with Crippen molar-refractivity contribution in [2.45, 2.75) is 10.2 Å². The van der Waals surface area contributed by atoms with Crippen LogP contribution < -0.4 is 0 Å². The number of nitrogens with zero attached hydrogens (tertiary/aromatic N) is 4. The maximum absolute atomic E-state index is 5.99. The molecule has 0 spiro atoms. The van der Waals surface area contributed by atoms with Gasteiger partial charge in [0.25, 0.3) is 0 Å². The van der Waals surface area contributed by atoms with E-state index in [0.29, 0.717) is 10.3 Å². The van der Waals surface area contributed by atoms with E-state index < -0.39 is 0 Å². The zero-order valence-electron chi connectivity index (χ0n) is 8.46. The highest BCUT2D eigenvalue weighted by Gasteiger charge is 2.09. The van der Waals surface area contributed by atoms with Gasteiger partial charge in [-0.15, -0.1) is 10.2 Å². The first-order chi connectivity index (χ1) is 8.34. The van der Waals surface area contributed by atoms with E-state index in [2.05, 4.69) is 25.4 Å². The van der Waals surface area contributed by atoms with Crippen LogP contribution in [-0.4, -0.2) is 25.4 Å². The summed E-state index contributed by atoms with van der Waals surface area (Å²) < 4.78 is 0. The lowest BCUT2D eigenvalue weighted by Crippen LogP contribution is -1.90. The van der Waals surface area contributed by atoms with Crippen LogP contribution in [0, 0.1) is 0 Å². The molecule has 1 aromatic carbocycles. The summed E-state index contributed by atoms with van der Waals surface area (Å²) in [5.41, 5.74) is 0. The molecule has 0 bridgehead atoms. The standard InChI is InChI=1S/C10H6ClN5S/c11-8-6-3-1-2-4-7(6)9(15-14-8)17-10-12-5-13-16-10/h1-5H,(H,12,13,16). The Labute approximate surface area is 106 Å². The van der Waals surface area contributed by atoms with Gasteiger partial charge in [-0.25, -0.2) is 4.98 Å². The second kappa shape index (κ2) is 4.31. The SMILES string of the molecule is Clc1nnc(Sc2ncn[nH]2)c2ccccc12. The lowest BCUT2D eigenvalue weighted by molar-refractivity contribution is 0.935. The molecule has 0 aliphatic heterocycles. The zero-order valence-corrected chi connectivity index (χ0v) is 10.0. The van der Waals surface area contributed by atoms with Crippen molar-refractivity contribution in [2.75, 3.05) is 0 Å². The first-order valence-electron chi connectivity index (χ1n) is 4.79. The van der Waals surface area contributed by atoms with E-state index in [1.165, 1.54) is 18.1 Å². The Kier molecular flexibility index (Phi) is 2.66. The number of H-pyrrole nitrogens is 1. The third kappa shape index (κ3) is 1.96. The van der Waals surface area contributed by atoms with E-state index in [0.717, 1.165) is 15.8 Å². The van der Waals surface area contributed by atoms with Crippen molar-refractivity contribution in [1.82, 2.24) is 25.4 Å². The van der Waals surface area contributed by atoms with Crippen LogP contribution in [0.5, 0.6) is 0 Å². The molecule has 3 aromatic rings. The van der Waals surface area contributed by atoms with Crippen molar-refractivity contribution >= 4 is 34.1 Å². The number of fused-ring (bicyclic) bond motifs is 1. The van der Waals surface area contributed by atoms with Crippen LogP contribution in [0.4, 0.5) is 0 Å². The summed E-state index contributed by atoms with van der Waals surface area (Å²) in [5.74, 6) is 0. The van der Waals surface area contributed by atoms with Gasteiger partial charge in [-0.05, 0) is 11.8 Å². The predicted octanol–water partition coefficient (Wildman–Crippen LogP) is 2.55. The molecule has 0 unspecified atom stereocenters. The van der Waals surface area contributed by atoms with E-state index in [9.17, 15) is 0 Å². The number of hydrogen-bond donors (Lipinski definition) is 1. The number of benzene rings is 1. The minimum atomic E-state index is 0.405. The molecule has 0 aliphatic rings. The Morgan fingerprint density at radius 2 is 1.94 bits per heavy atom. The molecule has 1 N–H and O–H groups in total. The molecule has 0 fully saturated rings. The zero-order chi connectivity index (χ0) is 11.7. The normalized spacial score (nSPS) is 10.9. The molecular weight excluding hydrogens is 258 g/mol. The van der Waals surface area contributed by atoms with Crippen LogP contribution in [-0.2, 0) is 0 Å². The molecular formula is C10H6ClN5S.